The fourth-order valence-electron chi connectivity index (χ4n) is 0. The molecule has 0 fully saturated rings. The van der Waals surface area contributed by atoms with Crippen molar-refractivity contribution in [2.45, 2.75) is 0 Å². The van der Waals surface area contributed by atoms with Crippen molar-refractivity contribution in [1.29, 1.82) is 0 Å². The molecule has 4 heteroatoms. The SMILES string of the molecule is CN(C)O.CN(C)O. The van der Waals surface area contributed by atoms with E-state index in [9.17, 15) is 0 Å². The Labute approximate surface area is 49.9 Å². The van der Waals surface area contributed by atoms with Crippen LogP contribution < -0.4 is 0 Å². The van der Waals surface area contributed by atoms with E-state index in [-0.39, 0.29) is 0 Å². The molecule has 0 saturated heterocycles. The molecule has 4 nitrogen and oxygen atoms in total. The zero-order valence-electron chi connectivity index (χ0n) is 5.79. The van der Waals surface area contributed by atoms with Gasteiger partial charge in [0.15, 0.2) is 0 Å². The second-order valence-corrected chi connectivity index (χ2v) is 1.69. The Kier molecular flexibility index (Phi) is 9.20. The minimum absolute atomic E-state index is 1.00. The zero-order valence-corrected chi connectivity index (χ0v) is 5.79. The Hall–Kier alpha value is -0.160. The summed E-state index contributed by atoms with van der Waals surface area (Å²) >= 11 is 0. The van der Waals surface area contributed by atoms with Crippen LogP contribution in [0.1, 0.15) is 0 Å². The molecule has 0 aromatic heterocycles. The van der Waals surface area contributed by atoms with Gasteiger partial charge >= 0.3 is 0 Å². The summed E-state index contributed by atoms with van der Waals surface area (Å²) < 4.78 is 0. The molecule has 0 bridgehead atoms. The van der Waals surface area contributed by atoms with Crippen LogP contribution in [0, 0.1) is 0 Å². The molecule has 0 aliphatic carbocycles. The number of hydroxylamine groups is 4. The first-order valence-electron chi connectivity index (χ1n) is 2.19. The van der Waals surface area contributed by atoms with Crippen LogP contribution >= 0.6 is 0 Å². The van der Waals surface area contributed by atoms with Gasteiger partial charge in [-0.3, -0.25) is 0 Å². The summed E-state index contributed by atoms with van der Waals surface area (Å²) in [7, 11) is 6.22. The first-order valence-corrected chi connectivity index (χ1v) is 2.19. The molecule has 0 amide bonds. The maximum Gasteiger partial charge on any atom is 0.0121 e. The van der Waals surface area contributed by atoms with Crippen molar-refractivity contribution < 1.29 is 10.4 Å². The normalized spacial score (nSPS) is 9.00. The van der Waals surface area contributed by atoms with E-state index in [0.717, 1.165) is 10.1 Å². The van der Waals surface area contributed by atoms with Gasteiger partial charge in [-0.25, -0.2) is 0 Å². The number of hydrogen-bond donors (Lipinski definition) is 2. The molecule has 0 aliphatic heterocycles. The molecule has 0 rings (SSSR count). The molecule has 0 atom stereocenters. The summed E-state index contributed by atoms with van der Waals surface area (Å²) in [4.78, 5) is 0. The van der Waals surface area contributed by atoms with E-state index in [1.165, 1.54) is 0 Å². The molecule has 0 saturated carbocycles. The Morgan fingerprint density at radius 1 is 0.750 bits per heavy atom. The molecular formula is C4H14N2O2. The predicted molar refractivity (Wildman–Crippen MR) is 30.9 cm³/mol. The third-order valence-corrected chi connectivity index (χ3v) is 0. The number of hydrogen-bond acceptors (Lipinski definition) is 4. The maximum absolute atomic E-state index is 7.89. The highest BCUT2D eigenvalue weighted by Crippen LogP contribution is 1.46. The van der Waals surface area contributed by atoms with Crippen molar-refractivity contribution >= 4 is 0 Å². The fourth-order valence-corrected chi connectivity index (χ4v) is 0. The highest BCUT2D eigenvalue weighted by atomic mass is 16.5. The Balaban J connectivity index is 0. The van der Waals surface area contributed by atoms with Crippen LogP contribution in [0.15, 0.2) is 0 Å². The maximum atomic E-state index is 7.89. The van der Waals surface area contributed by atoms with Gasteiger partial charge in [-0.05, 0) is 0 Å². The third-order valence-electron chi connectivity index (χ3n) is 0. The van der Waals surface area contributed by atoms with Crippen molar-refractivity contribution in [1.82, 2.24) is 10.1 Å². The predicted octanol–water partition coefficient (Wildman–Crippen LogP) is -0.126. The summed E-state index contributed by atoms with van der Waals surface area (Å²) in [5.41, 5.74) is 0. The molecule has 0 aromatic carbocycles. The van der Waals surface area contributed by atoms with Crippen LogP contribution in [-0.2, 0) is 0 Å². The van der Waals surface area contributed by atoms with Gasteiger partial charge in [0, 0.05) is 28.2 Å². The standard InChI is InChI=1S/2C2H7NO/c2*1-3(2)4/h2*4H,1-2H3. The van der Waals surface area contributed by atoms with E-state index in [4.69, 9.17) is 10.4 Å². The van der Waals surface area contributed by atoms with Crippen molar-refractivity contribution in [2.24, 2.45) is 0 Å². The second-order valence-electron chi connectivity index (χ2n) is 1.69. The summed E-state index contributed by atoms with van der Waals surface area (Å²) in [6.45, 7) is 0. The molecular weight excluding hydrogens is 108 g/mol. The average molecular weight is 122 g/mol. The van der Waals surface area contributed by atoms with Gasteiger partial charge in [0.2, 0.25) is 0 Å². The van der Waals surface area contributed by atoms with Crippen LogP contribution in [0.2, 0.25) is 0 Å². The van der Waals surface area contributed by atoms with Gasteiger partial charge in [0.1, 0.15) is 0 Å². The molecule has 0 aliphatic rings. The molecule has 0 radical (unpaired) electrons. The van der Waals surface area contributed by atoms with Crippen molar-refractivity contribution in [3.8, 4) is 0 Å². The van der Waals surface area contributed by atoms with Gasteiger partial charge < -0.3 is 10.4 Å². The van der Waals surface area contributed by atoms with Crippen molar-refractivity contribution in [2.75, 3.05) is 28.2 Å². The molecule has 2 N–H and O–H groups in total. The minimum Gasteiger partial charge on any atom is -0.315 e. The van der Waals surface area contributed by atoms with Crippen LogP contribution in [0.3, 0.4) is 0 Å². The molecule has 52 valence electrons. The zero-order chi connectivity index (χ0) is 7.15. The summed E-state index contributed by atoms with van der Waals surface area (Å²) in [5, 5.41) is 17.8. The number of nitrogens with zero attached hydrogens (tertiary/aromatic N) is 2. The van der Waals surface area contributed by atoms with E-state index in [1.54, 1.807) is 28.2 Å². The van der Waals surface area contributed by atoms with Gasteiger partial charge in [-0.1, -0.05) is 0 Å². The van der Waals surface area contributed by atoms with Gasteiger partial charge in [-0.2, -0.15) is 10.1 Å². The lowest BCUT2D eigenvalue weighted by Crippen LogP contribution is -2.01. The molecule has 0 spiro atoms. The first kappa shape index (κ1) is 10.8. The molecule has 8 heavy (non-hydrogen) atoms. The Morgan fingerprint density at radius 3 is 0.750 bits per heavy atom. The lowest BCUT2D eigenvalue weighted by atomic mass is 11.2. The van der Waals surface area contributed by atoms with E-state index < -0.39 is 0 Å². The lowest BCUT2D eigenvalue weighted by molar-refractivity contribution is -0.0375. The van der Waals surface area contributed by atoms with E-state index >= 15 is 0 Å². The quantitative estimate of drug-likeness (QED) is 0.439. The summed E-state index contributed by atoms with van der Waals surface area (Å²) in [6, 6.07) is 0. The van der Waals surface area contributed by atoms with Crippen molar-refractivity contribution in [3.05, 3.63) is 0 Å². The molecule has 0 unspecified atom stereocenters. The number of rotatable bonds is 0. The van der Waals surface area contributed by atoms with Crippen LogP contribution in [0.25, 0.3) is 0 Å². The van der Waals surface area contributed by atoms with Gasteiger partial charge in [0.05, 0.1) is 0 Å². The molecule has 0 aromatic rings. The first-order chi connectivity index (χ1) is 3.46. The highest BCUT2D eigenvalue weighted by molar-refractivity contribution is 3.91. The summed E-state index contributed by atoms with van der Waals surface area (Å²) in [5.74, 6) is 0. The third kappa shape index (κ3) is 5340. The largest absolute Gasteiger partial charge is 0.315 e. The van der Waals surface area contributed by atoms with E-state index in [1.807, 2.05) is 0 Å². The fraction of sp³-hybridized carbons (Fsp3) is 1.00. The van der Waals surface area contributed by atoms with Gasteiger partial charge in [0.25, 0.3) is 0 Å². The average Bonchev–Trinajstić information content (AvgIpc) is 1.25. The monoisotopic (exact) mass is 122 g/mol. The van der Waals surface area contributed by atoms with Gasteiger partial charge in [-0.15, -0.1) is 0 Å². The smallest absolute Gasteiger partial charge is 0.0121 e. The van der Waals surface area contributed by atoms with Crippen LogP contribution in [0.4, 0.5) is 0 Å². The second kappa shape index (κ2) is 6.84. The van der Waals surface area contributed by atoms with E-state index in [0.29, 0.717) is 0 Å². The van der Waals surface area contributed by atoms with E-state index in [2.05, 4.69) is 0 Å². The molecule has 0 heterocycles. The highest BCUT2D eigenvalue weighted by Gasteiger charge is 1.60. The van der Waals surface area contributed by atoms with Crippen LogP contribution in [-0.4, -0.2) is 48.7 Å². The minimum atomic E-state index is 1.00. The Morgan fingerprint density at radius 2 is 0.750 bits per heavy atom. The lowest BCUT2D eigenvalue weighted by Gasteiger charge is -1.89. The van der Waals surface area contributed by atoms with Crippen LogP contribution in [0.5, 0.6) is 0 Å². The summed E-state index contributed by atoms with van der Waals surface area (Å²) in [6.07, 6.45) is 0. The Bertz CT molecular complexity index is 27.5. The van der Waals surface area contributed by atoms with Crippen molar-refractivity contribution in [3.63, 3.8) is 0 Å². The topological polar surface area (TPSA) is 46.9 Å².